The van der Waals surface area contributed by atoms with E-state index in [2.05, 4.69) is 41.4 Å². The Kier molecular flexibility index (Phi) is 7.14. The summed E-state index contributed by atoms with van der Waals surface area (Å²) >= 11 is 0. The SMILES string of the molecule is CCOC(=O)N1CCC(NC(=O)N2CCN(C(C)c3ccccc3)CC2)CC1. The van der Waals surface area contributed by atoms with Crippen molar-refractivity contribution in [3.05, 3.63) is 35.9 Å². The van der Waals surface area contributed by atoms with Crippen LogP contribution in [0.3, 0.4) is 0 Å². The van der Waals surface area contributed by atoms with Crippen LogP contribution in [0.2, 0.25) is 0 Å². The first-order valence-corrected chi connectivity index (χ1v) is 10.3. The number of likely N-dealkylation sites (tertiary alicyclic amines) is 1. The van der Waals surface area contributed by atoms with Crippen molar-refractivity contribution in [2.75, 3.05) is 45.9 Å². The number of carbonyl (C=O) groups is 2. The quantitative estimate of drug-likeness (QED) is 0.861. The average Bonchev–Trinajstić information content (AvgIpc) is 2.74. The zero-order chi connectivity index (χ0) is 19.9. The van der Waals surface area contributed by atoms with Crippen molar-refractivity contribution < 1.29 is 14.3 Å². The van der Waals surface area contributed by atoms with Crippen LogP contribution >= 0.6 is 0 Å². The highest BCUT2D eigenvalue weighted by atomic mass is 16.6. The molecule has 7 nitrogen and oxygen atoms in total. The summed E-state index contributed by atoms with van der Waals surface area (Å²) < 4.78 is 5.04. The van der Waals surface area contributed by atoms with Gasteiger partial charge in [0.05, 0.1) is 6.61 Å². The normalized spacial score (nSPS) is 19.9. The molecule has 0 spiro atoms. The summed E-state index contributed by atoms with van der Waals surface area (Å²) in [7, 11) is 0. The number of nitrogens with one attached hydrogen (secondary N) is 1. The molecule has 3 rings (SSSR count). The van der Waals surface area contributed by atoms with E-state index >= 15 is 0 Å². The van der Waals surface area contributed by atoms with E-state index in [9.17, 15) is 9.59 Å². The molecule has 0 bridgehead atoms. The summed E-state index contributed by atoms with van der Waals surface area (Å²) in [6.07, 6.45) is 1.29. The number of hydrogen-bond acceptors (Lipinski definition) is 4. The van der Waals surface area contributed by atoms with Crippen LogP contribution < -0.4 is 5.32 Å². The number of rotatable bonds is 4. The zero-order valence-electron chi connectivity index (χ0n) is 17.0. The summed E-state index contributed by atoms with van der Waals surface area (Å²) in [6.45, 7) is 8.93. The van der Waals surface area contributed by atoms with Crippen LogP contribution in [0.25, 0.3) is 0 Å². The first-order chi connectivity index (χ1) is 13.6. The van der Waals surface area contributed by atoms with Gasteiger partial charge in [0.2, 0.25) is 0 Å². The maximum atomic E-state index is 12.6. The topological polar surface area (TPSA) is 65.1 Å². The Hall–Kier alpha value is -2.28. The van der Waals surface area contributed by atoms with E-state index in [1.807, 2.05) is 17.9 Å². The molecule has 2 saturated heterocycles. The lowest BCUT2D eigenvalue weighted by Crippen LogP contribution is -2.55. The van der Waals surface area contributed by atoms with Crippen LogP contribution in [-0.2, 0) is 4.74 Å². The van der Waals surface area contributed by atoms with Crippen molar-refractivity contribution in [1.82, 2.24) is 20.0 Å². The molecule has 0 aromatic heterocycles. The predicted molar refractivity (Wildman–Crippen MR) is 108 cm³/mol. The summed E-state index contributed by atoms with van der Waals surface area (Å²) in [5.74, 6) is 0. The highest BCUT2D eigenvalue weighted by Crippen LogP contribution is 2.21. The third-order valence-electron chi connectivity index (χ3n) is 5.78. The number of piperazine rings is 1. The Balaban J connectivity index is 1.40. The van der Waals surface area contributed by atoms with Crippen LogP contribution in [0.5, 0.6) is 0 Å². The van der Waals surface area contributed by atoms with Crippen molar-refractivity contribution in [2.45, 2.75) is 38.8 Å². The number of amides is 3. The van der Waals surface area contributed by atoms with Crippen LogP contribution in [0.15, 0.2) is 30.3 Å². The maximum Gasteiger partial charge on any atom is 0.409 e. The van der Waals surface area contributed by atoms with Gasteiger partial charge in [-0.3, -0.25) is 4.90 Å². The van der Waals surface area contributed by atoms with Gasteiger partial charge in [0.25, 0.3) is 0 Å². The summed E-state index contributed by atoms with van der Waals surface area (Å²) in [6, 6.07) is 11.0. The molecule has 1 unspecified atom stereocenters. The molecular formula is C21H32N4O3. The van der Waals surface area contributed by atoms with Gasteiger partial charge >= 0.3 is 12.1 Å². The molecule has 154 valence electrons. The number of piperidine rings is 1. The Bertz CT molecular complexity index is 638. The second kappa shape index (κ2) is 9.78. The van der Waals surface area contributed by atoms with Crippen molar-refractivity contribution in [2.24, 2.45) is 0 Å². The average molecular weight is 389 g/mol. The highest BCUT2D eigenvalue weighted by Gasteiger charge is 2.28. The molecule has 0 saturated carbocycles. The predicted octanol–water partition coefficient (Wildman–Crippen LogP) is 2.70. The van der Waals surface area contributed by atoms with Gasteiger partial charge < -0.3 is 19.9 Å². The minimum atomic E-state index is -0.254. The molecule has 2 aliphatic heterocycles. The highest BCUT2D eigenvalue weighted by molar-refractivity contribution is 5.74. The van der Waals surface area contributed by atoms with E-state index in [-0.39, 0.29) is 18.2 Å². The lowest BCUT2D eigenvalue weighted by molar-refractivity contribution is 0.0925. The third-order valence-corrected chi connectivity index (χ3v) is 5.78. The Morgan fingerprint density at radius 2 is 1.68 bits per heavy atom. The molecule has 2 aliphatic rings. The van der Waals surface area contributed by atoms with E-state index in [0.29, 0.717) is 25.7 Å². The van der Waals surface area contributed by atoms with Crippen LogP contribution in [-0.4, -0.2) is 78.7 Å². The second-order valence-corrected chi connectivity index (χ2v) is 7.52. The summed E-state index contributed by atoms with van der Waals surface area (Å²) in [5, 5.41) is 3.15. The van der Waals surface area contributed by atoms with Gasteiger partial charge in [0.15, 0.2) is 0 Å². The number of ether oxygens (including phenoxy) is 1. The first kappa shape index (κ1) is 20.5. The van der Waals surface area contributed by atoms with Crippen LogP contribution in [0, 0.1) is 0 Å². The molecule has 1 N–H and O–H groups in total. The van der Waals surface area contributed by atoms with Crippen molar-refractivity contribution in [1.29, 1.82) is 0 Å². The fraction of sp³-hybridized carbons (Fsp3) is 0.619. The lowest BCUT2D eigenvalue weighted by atomic mass is 10.1. The maximum absolute atomic E-state index is 12.6. The Labute approximate surface area is 167 Å². The fourth-order valence-electron chi connectivity index (χ4n) is 3.94. The Morgan fingerprint density at radius 3 is 2.29 bits per heavy atom. The molecule has 2 fully saturated rings. The Morgan fingerprint density at radius 1 is 1.04 bits per heavy atom. The molecule has 28 heavy (non-hydrogen) atoms. The number of urea groups is 1. The first-order valence-electron chi connectivity index (χ1n) is 10.3. The monoisotopic (exact) mass is 388 g/mol. The number of hydrogen-bond donors (Lipinski definition) is 1. The fourth-order valence-corrected chi connectivity index (χ4v) is 3.94. The van der Waals surface area contributed by atoms with Gasteiger partial charge in [0.1, 0.15) is 0 Å². The van der Waals surface area contributed by atoms with E-state index in [4.69, 9.17) is 4.74 Å². The lowest BCUT2D eigenvalue weighted by Gasteiger charge is -2.39. The standard InChI is InChI=1S/C21H32N4O3/c1-3-28-21(27)25-11-9-19(10-12-25)22-20(26)24-15-13-23(14-16-24)17(2)18-7-5-4-6-8-18/h4-8,17,19H,3,9-16H2,1-2H3,(H,22,26). The van der Waals surface area contributed by atoms with Gasteiger partial charge in [-0.1, -0.05) is 30.3 Å². The number of benzene rings is 1. The molecule has 0 aliphatic carbocycles. The molecule has 0 radical (unpaired) electrons. The van der Waals surface area contributed by atoms with E-state index in [1.165, 1.54) is 5.56 Å². The minimum Gasteiger partial charge on any atom is -0.450 e. The third kappa shape index (κ3) is 5.16. The second-order valence-electron chi connectivity index (χ2n) is 7.52. The van der Waals surface area contributed by atoms with Gasteiger partial charge in [-0.15, -0.1) is 0 Å². The van der Waals surface area contributed by atoms with Crippen LogP contribution in [0.1, 0.15) is 38.3 Å². The minimum absolute atomic E-state index is 0.0154. The van der Waals surface area contributed by atoms with E-state index in [0.717, 1.165) is 39.0 Å². The van der Waals surface area contributed by atoms with Gasteiger partial charge in [-0.2, -0.15) is 0 Å². The number of carbonyl (C=O) groups excluding carboxylic acids is 2. The van der Waals surface area contributed by atoms with Gasteiger partial charge in [0, 0.05) is 51.4 Å². The van der Waals surface area contributed by atoms with Crippen molar-refractivity contribution in [3.63, 3.8) is 0 Å². The summed E-state index contributed by atoms with van der Waals surface area (Å²) in [5.41, 5.74) is 1.31. The van der Waals surface area contributed by atoms with E-state index in [1.54, 1.807) is 4.90 Å². The van der Waals surface area contributed by atoms with Gasteiger partial charge in [-0.05, 0) is 32.3 Å². The van der Waals surface area contributed by atoms with Crippen LogP contribution in [0.4, 0.5) is 9.59 Å². The zero-order valence-corrected chi connectivity index (χ0v) is 17.0. The van der Waals surface area contributed by atoms with Crippen molar-refractivity contribution in [3.8, 4) is 0 Å². The molecule has 3 amide bonds. The van der Waals surface area contributed by atoms with Gasteiger partial charge in [-0.25, -0.2) is 9.59 Å². The smallest absolute Gasteiger partial charge is 0.409 e. The van der Waals surface area contributed by atoms with E-state index < -0.39 is 0 Å². The molecule has 1 aromatic carbocycles. The molecule has 7 heteroatoms. The molecular weight excluding hydrogens is 356 g/mol. The number of nitrogens with zero attached hydrogens (tertiary/aromatic N) is 3. The molecule has 1 aromatic rings. The van der Waals surface area contributed by atoms with Crippen molar-refractivity contribution >= 4 is 12.1 Å². The largest absolute Gasteiger partial charge is 0.450 e. The molecule has 2 heterocycles. The summed E-state index contributed by atoms with van der Waals surface area (Å²) in [4.78, 5) is 30.4. The molecule has 1 atom stereocenters.